The second-order valence-electron chi connectivity index (χ2n) is 6.09. The number of rotatable bonds is 10. The molecule has 2 aliphatic rings. The van der Waals surface area contributed by atoms with Crippen LogP contribution in [0.1, 0.15) is 39.5 Å². The zero-order valence-electron chi connectivity index (χ0n) is 13.1. The maximum Gasteiger partial charge on any atom is 0.305 e. The Hall–Kier alpha value is -2.39. The Balaban J connectivity index is 1.75. The Morgan fingerprint density at radius 3 is 2.13 bits per heavy atom. The minimum absolute atomic E-state index is 0.128. The van der Waals surface area contributed by atoms with Crippen LogP contribution in [0, 0.1) is 0 Å². The van der Waals surface area contributed by atoms with E-state index in [1.54, 1.807) is 6.92 Å². The lowest BCUT2D eigenvalue weighted by Gasteiger charge is -2.17. The predicted octanol–water partition coefficient (Wildman–Crippen LogP) is 0.596. The standard InChI is InChI=1S/C13H20N6O4/c1-12(16-17-12)4-3-9(20)15-8(7-10(21)22)11(23)14-6-5-13(2)18-19-13/h8H,3-7H2,1-2H3,(H,14,23)(H,15,20)(H,21,22)/t8-/m0/s1. The molecular weight excluding hydrogens is 304 g/mol. The molecule has 0 fully saturated rings. The molecule has 0 spiro atoms. The number of nitrogens with zero attached hydrogens (tertiary/aromatic N) is 4. The zero-order valence-corrected chi connectivity index (χ0v) is 13.1. The van der Waals surface area contributed by atoms with Crippen LogP contribution >= 0.6 is 0 Å². The van der Waals surface area contributed by atoms with Crippen LogP contribution in [-0.4, -0.2) is 46.8 Å². The predicted molar refractivity (Wildman–Crippen MR) is 77.6 cm³/mol. The zero-order chi connectivity index (χ0) is 17.1. The molecule has 0 bridgehead atoms. The highest BCUT2D eigenvalue weighted by atomic mass is 16.4. The van der Waals surface area contributed by atoms with Crippen LogP contribution in [0.15, 0.2) is 20.5 Å². The molecule has 2 amide bonds. The van der Waals surface area contributed by atoms with E-state index < -0.39 is 41.6 Å². The van der Waals surface area contributed by atoms with E-state index in [1.807, 2.05) is 6.92 Å². The minimum Gasteiger partial charge on any atom is -0.481 e. The van der Waals surface area contributed by atoms with Crippen molar-refractivity contribution in [3.8, 4) is 0 Å². The van der Waals surface area contributed by atoms with Gasteiger partial charge >= 0.3 is 5.97 Å². The van der Waals surface area contributed by atoms with Crippen LogP contribution in [0.4, 0.5) is 0 Å². The van der Waals surface area contributed by atoms with Gasteiger partial charge in [0, 0.05) is 25.8 Å². The third kappa shape index (κ3) is 5.72. The summed E-state index contributed by atoms with van der Waals surface area (Å²) >= 11 is 0. The number of amides is 2. The van der Waals surface area contributed by atoms with E-state index in [1.165, 1.54) is 0 Å². The largest absolute Gasteiger partial charge is 0.481 e. The van der Waals surface area contributed by atoms with Gasteiger partial charge in [-0.1, -0.05) is 0 Å². The van der Waals surface area contributed by atoms with Gasteiger partial charge in [0.25, 0.3) is 0 Å². The normalized spacial score (nSPS) is 19.7. The summed E-state index contributed by atoms with van der Waals surface area (Å²) in [6.45, 7) is 3.92. The van der Waals surface area contributed by atoms with Gasteiger partial charge in [-0.3, -0.25) is 14.4 Å². The number of carboxylic acids is 1. The van der Waals surface area contributed by atoms with E-state index in [0.717, 1.165) is 0 Å². The molecule has 0 aromatic heterocycles. The molecule has 10 nitrogen and oxygen atoms in total. The fraction of sp³-hybridized carbons (Fsp3) is 0.769. The first-order valence-electron chi connectivity index (χ1n) is 7.38. The lowest BCUT2D eigenvalue weighted by Crippen LogP contribution is -2.48. The Labute approximate surface area is 132 Å². The van der Waals surface area contributed by atoms with Crippen molar-refractivity contribution >= 4 is 17.8 Å². The van der Waals surface area contributed by atoms with Gasteiger partial charge in [-0.15, -0.1) is 0 Å². The summed E-state index contributed by atoms with van der Waals surface area (Å²) in [7, 11) is 0. The first-order chi connectivity index (χ1) is 10.7. The number of aliphatic carboxylic acids is 1. The van der Waals surface area contributed by atoms with Gasteiger partial charge in [0.05, 0.1) is 6.42 Å². The Kier molecular flexibility index (Phi) is 4.71. The van der Waals surface area contributed by atoms with Crippen molar-refractivity contribution < 1.29 is 19.5 Å². The fourth-order valence-electron chi connectivity index (χ4n) is 1.92. The molecule has 0 aromatic rings. The van der Waals surface area contributed by atoms with Crippen molar-refractivity contribution in [3.05, 3.63) is 0 Å². The van der Waals surface area contributed by atoms with Gasteiger partial charge in [0.1, 0.15) is 6.04 Å². The minimum atomic E-state index is -1.16. The Morgan fingerprint density at radius 2 is 1.61 bits per heavy atom. The average Bonchev–Trinajstić information content (AvgIpc) is 3.36. The molecule has 126 valence electrons. The maximum absolute atomic E-state index is 12.0. The molecule has 2 rings (SSSR count). The van der Waals surface area contributed by atoms with Gasteiger partial charge in [-0.2, -0.15) is 20.5 Å². The van der Waals surface area contributed by atoms with E-state index >= 15 is 0 Å². The summed E-state index contributed by atoms with van der Waals surface area (Å²) in [6.07, 6.45) is 0.619. The van der Waals surface area contributed by atoms with Crippen LogP contribution in [0.3, 0.4) is 0 Å². The highest BCUT2D eigenvalue weighted by molar-refractivity contribution is 5.90. The first-order valence-corrected chi connectivity index (χ1v) is 7.38. The molecule has 23 heavy (non-hydrogen) atoms. The summed E-state index contributed by atoms with van der Waals surface area (Å²) < 4.78 is 0. The number of carboxylic acid groups (broad SMARTS) is 1. The lowest BCUT2D eigenvalue weighted by atomic mass is 10.1. The van der Waals surface area contributed by atoms with Crippen molar-refractivity contribution in [1.29, 1.82) is 0 Å². The van der Waals surface area contributed by atoms with Crippen molar-refractivity contribution in [2.45, 2.75) is 56.9 Å². The van der Waals surface area contributed by atoms with Gasteiger partial charge < -0.3 is 15.7 Å². The highest BCUT2D eigenvalue weighted by Crippen LogP contribution is 2.32. The second-order valence-corrected chi connectivity index (χ2v) is 6.09. The molecule has 0 aliphatic carbocycles. The highest BCUT2D eigenvalue weighted by Gasteiger charge is 2.35. The van der Waals surface area contributed by atoms with Crippen LogP contribution < -0.4 is 10.6 Å². The van der Waals surface area contributed by atoms with Crippen LogP contribution in [-0.2, 0) is 14.4 Å². The molecule has 3 N–H and O–H groups in total. The van der Waals surface area contributed by atoms with Crippen molar-refractivity contribution in [2.24, 2.45) is 20.5 Å². The summed E-state index contributed by atoms with van der Waals surface area (Å²) in [6, 6.07) is -1.11. The Bertz CT molecular complexity index is 561. The van der Waals surface area contributed by atoms with E-state index in [4.69, 9.17) is 5.11 Å². The van der Waals surface area contributed by atoms with E-state index in [0.29, 0.717) is 19.4 Å². The molecule has 0 saturated carbocycles. The molecule has 0 radical (unpaired) electrons. The molecule has 1 atom stereocenters. The van der Waals surface area contributed by atoms with Gasteiger partial charge in [-0.05, 0) is 13.8 Å². The van der Waals surface area contributed by atoms with Crippen molar-refractivity contribution in [1.82, 2.24) is 10.6 Å². The third-order valence-corrected chi connectivity index (χ3v) is 3.64. The summed E-state index contributed by atoms with van der Waals surface area (Å²) in [5.74, 6) is -2.09. The van der Waals surface area contributed by atoms with E-state index in [2.05, 4.69) is 31.1 Å². The van der Waals surface area contributed by atoms with Crippen LogP contribution in [0.5, 0.6) is 0 Å². The topological polar surface area (TPSA) is 145 Å². The quantitative estimate of drug-likeness (QED) is 0.540. The van der Waals surface area contributed by atoms with Crippen LogP contribution in [0.2, 0.25) is 0 Å². The average molecular weight is 324 g/mol. The van der Waals surface area contributed by atoms with Gasteiger partial charge in [-0.25, -0.2) is 0 Å². The molecule has 10 heteroatoms. The molecular formula is C13H20N6O4. The molecule has 0 saturated heterocycles. The second kappa shape index (κ2) is 6.39. The summed E-state index contributed by atoms with van der Waals surface area (Å²) in [5.41, 5.74) is -0.944. The third-order valence-electron chi connectivity index (χ3n) is 3.64. The summed E-state index contributed by atoms with van der Waals surface area (Å²) in [5, 5.41) is 29.2. The number of carbonyl (C=O) groups is 3. The van der Waals surface area contributed by atoms with E-state index in [-0.39, 0.29) is 6.42 Å². The summed E-state index contributed by atoms with van der Waals surface area (Å²) in [4.78, 5) is 34.8. The smallest absolute Gasteiger partial charge is 0.305 e. The number of hydrogen-bond acceptors (Lipinski definition) is 7. The van der Waals surface area contributed by atoms with Crippen LogP contribution in [0.25, 0.3) is 0 Å². The molecule has 2 aliphatic heterocycles. The Morgan fingerprint density at radius 1 is 1.04 bits per heavy atom. The monoisotopic (exact) mass is 324 g/mol. The molecule has 2 heterocycles. The SMILES string of the molecule is CC1(CCNC(=O)[C@H](CC(=O)O)NC(=O)CCC2(C)N=N2)N=N1. The number of nitrogens with one attached hydrogen (secondary N) is 2. The van der Waals surface area contributed by atoms with Gasteiger partial charge in [0.15, 0.2) is 11.3 Å². The number of carbonyl (C=O) groups excluding carboxylic acids is 2. The van der Waals surface area contributed by atoms with Gasteiger partial charge in [0.2, 0.25) is 11.8 Å². The number of hydrogen-bond donors (Lipinski definition) is 3. The van der Waals surface area contributed by atoms with Crippen molar-refractivity contribution in [3.63, 3.8) is 0 Å². The molecule has 0 aromatic carbocycles. The lowest BCUT2D eigenvalue weighted by molar-refractivity contribution is -0.140. The molecule has 0 unspecified atom stereocenters. The van der Waals surface area contributed by atoms with Crippen molar-refractivity contribution in [2.75, 3.05) is 6.54 Å². The maximum atomic E-state index is 12.0. The first kappa shape index (κ1) is 17.0. The van der Waals surface area contributed by atoms with E-state index in [9.17, 15) is 14.4 Å². The fourth-order valence-corrected chi connectivity index (χ4v) is 1.92.